The van der Waals surface area contributed by atoms with Gasteiger partial charge >= 0.3 is 0 Å². The molecule has 0 fully saturated rings. The van der Waals surface area contributed by atoms with Crippen molar-refractivity contribution in [3.8, 4) is 11.1 Å². The Morgan fingerprint density at radius 2 is 1.16 bits per heavy atom. The molecule has 4 nitrogen and oxygen atoms in total. The monoisotopic (exact) mass is 566 g/mol. The minimum absolute atomic E-state index is 0.224. The van der Waals surface area contributed by atoms with E-state index in [0.717, 1.165) is 28.4 Å². The summed E-state index contributed by atoms with van der Waals surface area (Å²) >= 11 is 0. The molecule has 0 saturated carbocycles. The van der Waals surface area contributed by atoms with Crippen LogP contribution in [0.5, 0.6) is 0 Å². The Kier molecular flexibility index (Phi) is 6.58. The van der Waals surface area contributed by atoms with E-state index in [0.29, 0.717) is 0 Å². The second-order valence-electron chi connectivity index (χ2n) is 11.2. The zero-order chi connectivity index (χ0) is 29.3. The van der Waals surface area contributed by atoms with Gasteiger partial charge < -0.3 is 10.6 Å². The molecule has 1 aliphatic carbocycles. The van der Waals surface area contributed by atoms with Gasteiger partial charge in [0.1, 0.15) is 11.7 Å². The lowest BCUT2D eigenvalue weighted by molar-refractivity contribution is 0.756. The predicted octanol–water partition coefficient (Wildman–Crippen LogP) is 8.37. The molecule has 0 amide bonds. The molecule has 210 valence electrons. The van der Waals surface area contributed by atoms with Crippen molar-refractivity contribution in [2.24, 2.45) is 9.98 Å². The van der Waals surface area contributed by atoms with Crippen molar-refractivity contribution < 1.29 is 0 Å². The van der Waals surface area contributed by atoms with Crippen molar-refractivity contribution in [2.45, 2.75) is 12.2 Å². The maximum Gasteiger partial charge on any atom is 0.169 e. The molecule has 8 rings (SSSR count). The van der Waals surface area contributed by atoms with Crippen LogP contribution in [0, 0.1) is 0 Å². The van der Waals surface area contributed by atoms with E-state index in [-0.39, 0.29) is 12.2 Å². The smallest absolute Gasteiger partial charge is 0.169 e. The molecule has 1 unspecified atom stereocenters. The lowest BCUT2D eigenvalue weighted by Crippen LogP contribution is -2.35. The Morgan fingerprint density at radius 1 is 0.523 bits per heavy atom. The van der Waals surface area contributed by atoms with Crippen LogP contribution < -0.4 is 10.6 Å². The fraction of sp³-hybridized carbons (Fsp3) is 0.0500. The van der Waals surface area contributed by atoms with Gasteiger partial charge in [-0.1, -0.05) is 133 Å². The van der Waals surface area contributed by atoms with Crippen molar-refractivity contribution >= 4 is 28.0 Å². The molecule has 1 atom stereocenters. The summed E-state index contributed by atoms with van der Waals surface area (Å²) in [6, 6.07) is 42.8. The number of aliphatic imine (C=N–C) groups is 2. The van der Waals surface area contributed by atoms with Crippen LogP contribution in [0.1, 0.15) is 28.4 Å². The molecule has 0 radical (unpaired) electrons. The van der Waals surface area contributed by atoms with E-state index < -0.39 is 0 Å². The van der Waals surface area contributed by atoms with E-state index in [9.17, 15) is 0 Å². The predicted molar refractivity (Wildman–Crippen MR) is 182 cm³/mol. The fourth-order valence-corrected chi connectivity index (χ4v) is 6.06. The van der Waals surface area contributed by atoms with Crippen LogP contribution in [0.2, 0.25) is 0 Å². The minimum Gasteiger partial charge on any atom is -0.381 e. The van der Waals surface area contributed by atoms with Crippen LogP contribution in [0.3, 0.4) is 0 Å². The van der Waals surface area contributed by atoms with E-state index in [4.69, 9.17) is 9.98 Å². The summed E-state index contributed by atoms with van der Waals surface area (Å²) in [6.07, 6.45) is 12.5. The standard InChI is InChI=1S/C40H30N4/c1-3-9-29(10-4-1)38-42-39(30-11-5-2-6-12-30)44-40(43-38)31-19-15-27(16-20-31)32-21-17-28-18-22-33(26-34(28)25-32)35-23-24-41-37-14-8-7-13-36(35)37/h1-26,37,40-41H,(H,42,43,44). The first-order valence-electron chi connectivity index (χ1n) is 15.0. The number of fused-ring (bicyclic) bond motifs is 2. The molecule has 2 N–H and O–H groups in total. The van der Waals surface area contributed by atoms with Crippen LogP contribution in [-0.4, -0.2) is 17.7 Å². The van der Waals surface area contributed by atoms with Crippen LogP contribution in [0.25, 0.3) is 27.5 Å². The number of nitrogens with zero attached hydrogens (tertiary/aromatic N) is 2. The van der Waals surface area contributed by atoms with Gasteiger partial charge in [0.05, 0.1) is 6.04 Å². The first-order chi connectivity index (χ1) is 21.8. The third kappa shape index (κ3) is 4.97. The lowest BCUT2D eigenvalue weighted by atomic mass is 9.89. The Labute approximate surface area is 257 Å². The zero-order valence-electron chi connectivity index (χ0n) is 24.1. The van der Waals surface area contributed by atoms with Gasteiger partial charge in [0.25, 0.3) is 0 Å². The first kappa shape index (κ1) is 25.9. The van der Waals surface area contributed by atoms with Crippen molar-refractivity contribution in [3.63, 3.8) is 0 Å². The maximum atomic E-state index is 5.02. The summed E-state index contributed by atoms with van der Waals surface area (Å²) in [5, 5.41) is 9.36. The number of amidine groups is 2. The van der Waals surface area contributed by atoms with Crippen LogP contribution >= 0.6 is 0 Å². The molecule has 0 saturated heterocycles. The largest absolute Gasteiger partial charge is 0.381 e. The first-order valence-corrected chi connectivity index (χ1v) is 15.0. The summed E-state index contributed by atoms with van der Waals surface area (Å²) in [4.78, 5) is 10.0. The van der Waals surface area contributed by atoms with Gasteiger partial charge in [0.15, 0.2) is 6.17 Å². The second-order valence-corrected chi connectivity index (χ2v) is 11.2. The van der Waals surface area contributed by atoms with Crippen molar-refractivity contribution in [1.82, 2.24) is 10.6 Å². The molecular formula is C40H30N4. The van der Waals surface area contributed by atoms with E-state index in [1.54, 1.807) is 0 Å². The van der Waals surface area contributed by atoms with Crippen molar-refractivity contribution in [2.75, 3.05) is 0 Å². The Balaban J connectivity index is 1.12. The van der Waals surface area contributed by atoms with E-state index in [1.165, 1.54) is 38.6 Å². The third-order valence-corrected chi connectivity index (χ3v) is 8.39. The van der Waals surface area contributed by atoms with Gasteiger partial charge in [-0.3, -0.25) is 0 Å². The highest BCUT2D eigenvalue weighted by Gasteiger charge is 2.21. The number of allylic oxidation sites excluding steroid dienone is 4. The third-order valence-electron chi connectivity index (χ3n) is 8.39. The Morgan fingerprint density at radius 3 is 1.86 bits per heavy atom. The maximum absolute atomic E-state index is 5.02. The normalized spacial score (nSPS) is 17.5. The number of hydrogen-bond acceptors (Lipinski definition) is 4. The summed E-state index contributed by atoms with van der Waals surface area (Å²) in [5.74, 6) is 1.65. The molecule has 5 aromatic carbocycles. The topological polar surface area (TPSA) is 48.8 Å². The molecule has 2 heterocycles. The highest BCUT2D eigenvalue weighted by molar-refractivity contribution is 6.15. The molecule has 0 bridgehead atoms. The van der Waals surface area contributed by atoms with Gasteiger partial charge in [-0.05, 0) is 68.6 Å². The minimum atomic E-state index is -0.338. The SMILES string of the molecule is C1=CC2=C(c3ccc4ccc(-c5ccc(C6N=C(c7ccccc7)NC(c7ccccc7)=N6)cc5)cc4c3)C=CNC2C=C1. The highest BCUT2D eigenvalue weighted by Crippen LogP contribution is 2.33. The van der Waals surface area contributed by atoms with Crippen molar-refractivity contribution in [3.05, 3.63) is 186 Å². The van der Waals surface area contributed by atoms with E-state index in [1.807, 2.05) is 36.4 Å². The lowest BCUT2D eigenvalue weighted by Gasteiger charge is -2.24. The fourth-order valence-electron chi connectivity index (χ4n) is 6.06. The van der Waals surface area contributed by atoms with E-state index in [2.05, 4.69) is 132 Å². The summed E-state index contributed by atoms with van der Waals surface area (Å²) < 4.78 is 0. The average molecular weight is 567 g/mol. The number of hydrogen-bond donors (Lipinski definition) is 2. The van der Waals surface area contributed by atoms with Crippen LogP contribution in [0.15, 0.2) is 173 Å². The van der Waals surface area contributed by atoms with Gasteiger partial charge in [0, 0.05) is 11.1 Å². The summed E-state index contributed by atoms with van der Waals surface area (Å²) in [5.41, 5.74) is 9.27. The number of nitrogens with one attached hydrogen (secondary N) is 2. The number of rotatable bonds is 5. The van der Waals surface area contributed by atoms with Crippen LogP contribution in [0.4, 0.5) is 0 Å². The molecule has 0 aromatic heterocycles. The molecule has 44 heavy (non-hydrogen) atoms. The second kappa shape index (κ2) is 11.2. The molecule has 4 heteroatoms. The molecular weight excluding hydrogens is 536 g/mol. The molecule has 2 aliphatic heterocycles. The number of benzene rings is 5. The molecule has 0 spiro atoms. The Bertz CT molecular complexity index is 1990. The van der Waals surface area contributed by atoms with Crippen LogP contribution in [-0.2, 0) is 0 Å². The van der Waals surface area contributed by atoms with Gasteiger partial charge in [-0.15, -0.1) is 0 Å². The van der Waals surface area contributed by atoms with Gasteiger partial charge in [-0.25, -0.2) is 9.98 Å². The van der Waals surface area contributed by atoms with Gasteiger partial charge in [-0.2, -0.15) is 0 Å². The quantitative estimate of drug-likeness (QED) is 0.225. The molecule has 3 aliphatic rings. The summed E-state index contributed by atoms with van der Waals surface area (Å²) in [6.45, 7) is 0. The summed E-state index contributed by atoms with van der Waals surface area (Å²) in [7, 11) is 0. The zero-order valence-corrected chi connectivity index (χ0v) is 24.1. The average Bonchev–Trinajstić information content (AvgIpc) is 3.11. The Hall–Kier alpha value is -5.74. The van der Waals surface area contributed by atoms with E-state index >= 15 is 0 Å². The van der Waals surface area contributed by atoms with Gasteiger partial charge in [0.2, 0.25) is 0 Å². The number of dihydropyridines is 1. The highest BCUT2D eigenvalue weighted by atomic mass is 15.2. The van der Waals surface area contributed by atoms with Crippen molar-refractivity contribution in [1.29, 1.82) is 0 Å². The molecule has 5 aromatic rings.